The van der Waals surface area contributed by atoms with Gasteiger partial charge in [0.05, 0.1) is 0 Å². The molecule has 0 aromatic heterocycles. The number of aliphatic hydroxyl groups is 1. The fourth-order valence-corrected chi connectivity index (χ4v) is 2.00. The van der Waals surface area contributed by atoms with Crippen LogP contribution < -0.4 is 5.32 Å². The van der Waals surface area contributed by atoms with Crippen LogP contribution in [0.15, 0.2) is 12.1 Å². The highest BCUT2D eigenvalue weighted by Crippen LogP contribution is 2.16. The molecule has 0 aliphatic carbocycles. The van der Waals surface area contributed by atoms with Crippen molar-refractivity contribution in [2.75, 3.05) is 19.7 Å². The number of hydrogen-bond acceptors (Lipinski definition) is 2. The van der Waals surface area contributed by atoms with Crippen molar-refractivity contribution >= 4 is 0 Å². The summed E-state index contributed by atoms with van der Waals surface area (Å²) in [6, 6.07) is 4.56. The minimum atomic E-state index is -0.0295. The second kappa shape index (κ2) is 6.35. The summed E-state index contributed by atoms with van der Waals surface area (Å²) in [4.78, 5) is 0. The lowest BCUT2D eigenvalue weighted by atomic mass is 9.94. The zero-order valence-corrected chi connectivity index (χ0v) is 12.4. The molecule has 1 aromatic carbocycles. The summed E-state index contributed by atoms with van der Waals surface area (Å²) < 4.78 is 0. The number of aryl methyl sites for hydroxylation is 3. The lowest BCUT2D eigenvalue weighted by Crippen LogP contribution is -2.33. The first-order valence-electron chi connectivity index (χ1n) is 6.74. The van der Waals surface area contributed by atoms with E-state index >= 15 is 0 Å². The molecule has 1 rings (SSSR count). The quantitative estimate of drug-likeness (QED) is 0.760. The van der Waals surface area contributed by atoms with Gasteiger partial charge in [0, 0.05) is 18.6 Å². The van der Waals surface area contributed by atoms with Crippen LogP contribution in [0.2, 0.25) is 0 Å². The summed E-state index contributed by atoms with van der Waals surface area (Å²) in [5.74, 6) is 0. The molecule has 0 atom stereocenters. The average Bonchev–Trinajstić information content (AvgIpc) is 2.31. The van der Waals surface area contributed by atoms with Gasteiger partial charge in [0.1, 0.15) is 0 Å². The fraction of sp³-hybridized carbons (Fsp3) is 0.625. The maximum atomic E-state index is 9.18. The number of aliphatic hydroxyl groups excluding tert-OH is 1. The third kappa shape index (κ3) is 4.43. The molecule has 0 saturated carbocycles. The van der Waals surface area contributed by atoms with E-state index in [0.717, 1.165) is 19.5 Å². The summed E-state index contributed by atoms with van der Waals surface area (Å²) in [6.45, 7) is 12.7. The molecule has 0 heterocycles. The molecule has 2 heteroatoms. The van der Waals surface area contributed by atoms with Crippen molar-refractivity contribution < 1.29 is 5.11 Å². The van der Waals surface area contributed by atoms with Gasteiger partial charge in [0.15, 0.2) is 0 Å². The highest BCUT2D eigenvalue weighted by atomic mass is 16.3. The minimum Gasteiger partial charge on any atom is -0.396 e. The summed E-state index contributed by atoms with van der Waals surface area (Å²) in [6.07, 6.45) is 1.05. The molecule has 0 saturated heterocycles. The number of nitrogens with one attached hydrogen (secondary N) is 1. The van der Waals surface area contributed by atoms with E-state index in [1.54, 1.807) is 0 Å². The monoisotopic (exact) mass is 249 g/mol. The van der Waals surface area contributed by atoms with Crippen LogP contribution in [-0.4, -0.2) is 24.8 Å². The van der Waals surface area contributed by atoms with Crippen LogP contribution in [0, 0.1) is 26.2 Å². The average molecular weight is 249 g/mol. The van der Waals surface area contributed by atoms with Crippen LogP contribution in [0.25, 0.3) is 0 Å². The summed E-state index contributed by atoms with van der Waals surface area (Å²) >= 11 is 0. The van der Waals surface area contributed by atoms with E-state index in [9.17, 15) is 5.11 Å². The van der Waals surface area contributed by atoms with Crippen molar-refractivity contribution in [2.45, 2.75) is 41.0 Å². The second-order valence-corrected chi connectivity index (χ2v) is 6.11. The Labute approximate surface area is 111 Å². The fourth-order valence-electron chi connectivity index (χ4n) is 2.00. The van der Waals surface area contributed by atoms with Gasteiger partial charge in [-0.15, -0.1) is 0 Å². The van der Waals surface area contributed by atoms with Gasteiger partial charge in [-0.1, -0.05) is 26.0 Å². The van der Waals surface area contributed by atoms with Crippen molar-refractivity contribution in [1.29, 1.82) is 0 Å². The van der Waals surface area contributed by atoms with E-state index in [-0.39, 0.29) is 12.0 Å². The van der Waals surface area contributed by atoms with E-state index in [0.29, 0.717) is 0 Å². The Balaban J connectivity index is 2.47. The number of hydrogen-bond donors (Lipinski definition) is 2. The normalized spacial score (nSPS) is 11.9. The summed E-state index contributed by atoms with van der Waals surface area (Å²) in [7, 11) is 0. The van der Waals surface area contributed by atoms with Gasteiger partial charge in [0.2, 0.25) is 0 Å². The van der Waals surface area contributed by atoms with E-state index in [4.69, 9.17) is 0 Å². The highest BCUT2D eigenvalue weighted by Gasteiger charge is 2.15. The molecule has 2 nitrogen and oxygen atoms in total. The third-order valence-corrected chi connectivity index (χ3v) is 3.55. The SMILES string of the molecule is Cc1cc(C)c(CCNCC(C)(C)CO)cc1C. The summed E-state index contributed by atoms with van der Waals surface area (Å²) in [5, 5.41) is 12.6. The van der Waals surface area contributed by atoms with Gasteiger partial charge in [-0.2, -0.15) is 0 Å². The Morgan fingerprint density at radius 2 is 1.67 bits per heavy atom. The first kappa shape index (κ1) is 15.2. The van der Waals surface area contributed by atoms with Gasteiger partial charge in [-0.25, -0.2) is 0 Å². The molecule has 18 heavy (non-hydrogen) atoms. The Hall–Kier alpha value is -0.860. The van der Waals surface area contributed by atoms with E-state index in [1.807, 2.05) is 0 Å². The third-order valence-electron chi connectivity index (χ3n) is 3.55. The van der Waals surface area contributed by atoms with Gasteiger partial charge in [0.25, 0.3) is 0 Å². The van der Waals surface area contributed by atoms with Crippen LogP contribution in [0.1, 0.15) is 36.1 Å². The largest absolute Gasteiger partial charge is 0.396 e. The Kier molecular flexibility index (Phi) is 5.36. The standard InChI is InChI=1S/C16H27NO/c1-12-8-14(3)15(9-13(12)2)6-7-17-10-16(4,5)11-18/h8-9,17-18H,6-7,10-11H2,1-5H3. The molecule has 102 valence electrons. The zero-order valence-electron chi connectivity index (χ0n) is 12.4. The lowest BCUT2D eigenvalue weighted by Gasteiger charge is -2.22. The highest BCUT2D eigenvalue weighted by molar-refractivity contribution is 5.36. The van der Waals surface area contributed by atoms with E-state index in [2.05, 4.69) is 52.1 Å². The van der Waals surface area contributed by atoms with Gasteiger partial charge < -0.3 is 10.4 Å². The molecule has 0 fully saturated rings. The van der Waals surface area contributed by atoms with Crippen molar-refractivity contribution in [3.8, 4) is 0 Å². The molecular formula is C16H27NO. The second-order valence-electron chi connectivity index (χ2n) is 6.11. The number of rotatable bonds is 6. The van der Waals surface area contributed by atoms with E-state index in [1.165, 1.54) is 22.3 Å². The summed E-state index contributed by atoms with van der Waals surface area (Å²) in [5.41, 5.74) is 5.50. The molecule has 0 unspecified atom stereocenters. The van der Waals surface area contributed by atoms with E-state index < -0.39 is 0 Å². The van der Waals surface area contributed by atoms with Crippen LogP contribution >= 0.6 is 0 Å². The first-order valence-corrected chi connectivity index (χ1v) is 6.74. The van der Waals surface area contributed by atoms with Gasteiger partial charge >= 0.3 is 0 Å². The molecular weight excluding hydrogens is 222 g/mol. The Morgan fingerprint density at radius 1 is 1.06 bits per heavy atom. The van der Waals surface area contributed by atoms with Crippen molar-refractivity contribution in [2.24, 2.45) is 5.41 Å². The molecule has 0 aliphatic heterocycles. The Morgan fingerprint density at radius 3 is 2.28 bits per heavy atom. The molecule has 0 amide bonds. The molecule has 0 radical (unpaired) electrons. The topological polar surface area (TPSA) is 32.3 Å². The van der Waals surface area contributed by atoms with Crippen LogP contribution in [0.5, 0.6) is 0 Å². The molecule has 1 aromatic rings. The maximum absolute atomic E-state index is 9.18. The molecule has 0 aliphatic rings. The minimum absolute atomic E-state index is 0.0295. The predicted molar refractivity (Wildman–Crippen MR) is 78.1 cm³/mol. The number of benzene rings is 1. The predicted octanol–water partition coefficient (Wildman–Crippen LogP) is 2.76. The van der Waals surface area contributed by atoms with Crippen molar-refractivity contribution in [3.63, 3.8) is 0 Å². The van der Waals surface area contributed by atoms with Gasteiger partial charge in [-0.3, -0.25) is 0 Å². The zero-order chi connectivity index (χ0) is 13.8. The molecule has 0 bridgehead atoms. The van der Waals surface area contributed by atoms with Crippen molar-refractivity contribution in [1.82, 2.24) is 5.32 Å². The maximum Gasteiger partial charge on any atom is 0.0494 e. The van der Waals surface area contributed by atoms with Crippen LogP contribution in [0.3, 0.4) is 0 Å². The first-order chi connectivity index (χ1) is 8.35. The Bertz CT molecular complexity index is 396. The van der Waals surface area contributed by atoms with Crippen LogP contribution in [0.4, 0.5) is 0 Å². The van der Waals surface area contributed by atoms with Crippen LogP contribution in [-0.2, 0) is 6.42 Å². The lowest BCUT2D eigenvalue weighted by molar-refractivity contribution is 0.157. The van der Waals surface area contributed by atoms with Gasteiger partial charge in [-0.05, 0) is 56.0 Å². The smallest absolute Gasteiger partial charge is 0.0494 e. The molecule has 0 spiro atoms. The van der Waals surface area contributed by atoms with Crippen molar-refractivity contribution in [3.05, 3.63) is 34.4 Å². The molecule has 2 N–H and O–H groups in total.